The fourth-order valence-corrected chi connectivity index (χ4v) is 2.36. The number of aryl methyl sites for hydroxylation is 2. The first-order chi connectivity index (χ1) is 12.5. The predicted octanol–water partition coefficient (Wildman–Crippen LogP) is 2.04. The van der Waals surface area contributed by atoms with Crippen LogP contribution in [-0.4, -0.2) is 35.6 Å². The number of methoxy groups -OCH3 is 2. The molecule has 0 amide bonds. The van der Waals surface area contributed by atoms with Crippen molar-refractivity contribution in [3.8, 4) is 0 Å². The molecular weight excluding hydrogens is 336 g/mol. The van der Waals surface area contributed by atoms with E-state index in [9.17, 15) is 14.4 Å². The zero-order chi connectivity index (χ0) is 19.7. The van der Waals surface area contributed by atoms with Crippen LogP contribution >= 0.6 is 0 Å². The smallest absolute Gasteiger partial charge is 0.338 e. The fraction of sp³-hybridized carbons (Fsp3) is 0.421. The van der Waals surface area contributed by atoms with Gasteiger partial charge in [-0.1, -0.05) is 32.0 Å². The molecule has 142 valence electrons. The third-order valence-corrected chi connectivity index (χ3v) is 3.68. The van der Waals surface area contributed by atoms with Gasteiger partial charge in [-0.2, -0.15) is 4.57 Å². The van der Waals surface area contributed by atoms with Crippen molar-refractivity contribution < 1.29 is 14.3 Å². The molecule has 0 atom stereocenters. The Hall–Kier alpha value is -2.51. The molecule has 0 saturated carbocycles. The maximum atomic E-state index is 12.6. The summed E-state index contributed by atoms with van der Waals surface area (Å²) in [5, 5.41) is 0. The summed E-state index contributed by atoms with van der Waals surface area (Å²) in [7, 11) is 3.00. The summed E-state index contributed by atoms with van der Waals surface area (Å²) in [6.07, 6.45) is 1.38. The molecule has 2 rings (SSSR count). The van der Waals surface area contributed by atoms with Gasteiger partial charge in [0.15, 0.2) is 6.29 Å². The van der Waals surface area contributed by atoms with Crippen LogP contribution in [0.15, 0.2) is 46.1 Å². The normalized spacial score (nSPS) is 10.4. The zero-order valence-electron chi connectivity index (χ0n) is 15.9. The van der Waals surface area contributed by atoms with Crippen LogP contribution in [0, 0.1) is 6.92 Å². The largest absolute Gasteiger partial charge is 0.356 e. The van der Waals surface area contributed by atoms with Gasteiger partial charge in [-0.15, -0.1) is 0 Å². The molecule has 0 spiro atoms. The Morgan fingerprint density at radius 3 is 2.19 bits per heavy atom. The highest BCUT2D eigenvalue weighted by Crippen LogP contribution is 2.02. The molecule has 0 fully saturated rings. The Bertz CT molecular complexity index is 820. The van der Waals surface area contributed by atoms with Crippen molar-refractivity contribution >= 4 is 5.91 Å². The van der Waals surface area contributed by atoms with Gasteiger partial charge in [0.05, 0.1) is 0 Å². The summed E-state index contributed by atoms with van der Waals surface area (Å²) >= 11 is 0. The van der Waals surface area contributed by atoms with E-state index < -0.39 is 23.4 Å². The van der Waals surface area contributed by atoms with Crippen molar-refractivity contribution in [2.45, 2.75) is 40.0 Å². The van der Waals surface area contributed by atoms with Crippen molar-refractivity contribution in [3.05, 3.63) is 68.5 Å². The van der Waals surface area contributed by atoms with E-state index in [-0.39, 0.29) is 12.1 Å². The molecule has 0 radical (unpaired) electrons. The number of ether oxygens (including phenoxy) is 2. The van der Waals surface area contributed by atoms with Crippen molar-refractivity contribution in [1.29, 1.82) is 0 Å². The third-order valence-electron chi connectivity index (χ3n) is 3.68. The zero-order valence-corrected chi connectivity index (χ0v) is 15.9. The molecule has 1 aromatic heterocycles. The van der Waals surface area contributed by atoms with Crippen LogP contribution < -0.4 is 11.2 Å². The van der Waals surface area contributed by atoms with Gasteiger partial charge in [0.2, 0.25) is 0 Å². The van der Waals surface area contributed by atoms with Crippen molar-refractivity contribution in [3.63, 3.8) is 0 Å². The topological polar surface area (TPSA) is 79.5 Å². The minimum absolute atomic E-state index is 0.258. The summed E-state index contributed by atoms with van der Waals surface area (Å²) in [4.78, 5) is 37.4. The quantitative estimate of drug-likeness (QED) is 0.735. The SMILES string of the molecule is CC.COC(CCn1cc(C)c(=O)n(C(=O)c2ccccc2)c1=O)OC. The van der Waals surface area contributed by atoms with Crippen LogP contribution in [0.25, 0.3) is 0 Å². The summed E-state index contributed by atoms with van der Waals surface area (Å²) in [5.74, 6) is -0.641. The lowest BCUT2D eigenvalue weighted by Crippen LogP contribution is -2.44. The Morgan fingerprint density at radius 2 is 1.65 bits per heavy atom. The van der Waals surface area contributed by atoms with Crippen LogP contribution in [0.2, 0.25) is 0 Å². The molecule has 0 aliphatic rings. The first kappa shape index (κ1) is 21.5. The molecule has 0 bridgehead atoms. The number of hydrogen-bond donors (Lipinski definition) is 0. The lowest BCUT2D eigenvalue weighted by molar-refractivity contribution is -0.108. The molecule has 7 heteroatoms. The number of rotatable bonds is 6. The van der Waals surface area contributed by atoms with Crippen LogP contribution in [0.1, 0.15) is 36.2 Å². The second kappa shape index (κ2) is 10.5. The predicted molar refractivity (Wildman–Crippen MR) is 99.6 cm³/mol. The third kappa shape index (κ3) is 5.00. The van der Waals surface area contributed by atoms with E-state index in [2.05, 4.69) is 0 Å². The van der Waals surface area contributed by atoms with Crippen molar-refractivity contribution in [2.24, 2.45) is 0 Å². The Labute approximate surface area is 152 Å². The van der Waals surface area contributed by atoms with E-state index in [1.165, 1.54) is 25.0 Å². The summed E-state index contributed by atoms with van der Waals surface area (Å²) < 4.78 is 12.2. The van der Waals surface area contributed by atoms with Crippen LogP contribution in [0.5, 0.6) is 0 Å². The van der Waals surface area contributed by atoms with Gasteiger partial charge < -0.3 is 9.47 Å². The average Bonchev–Trinajstić information content (AvgIpc) is 2.68. The van der Waals surface area contributed by atoms with Gasteiger partial charge in [0.25, 0.3) is 11.5 Å². The maximum absolute atomic E-state index is 12.6. The lowest BCUT2D eigenvalue weighted by atomic mass is 10.2. The number of carbonyl (C=O) groups is 1. The molecule has 0 N–H and O–H groups in total. The van der Waals surface area contributed by atoms with E-state index in [1.807, 2.05) is 13.8 Å². The molecule has 1 aromatic carbocycles. The lowest BCUT2D eigenvalue weighted by Gasteiger charge is -2.15. The summed E-state index contributed by atoms with van der Waals surface area (Å²) in [6.45, 7) is 5.82. The fourth-order valence-electron chi connectivity index (χ4n) is 2.36. The van der Waals surface area contributed by atoms with Gasteiger partial charge in [-0.05, 0) is 19.1 Å². The standard InChI is InChI=1S/C17H20N2O5.C2H6/c1-12-11-18(10-9-14(23-2)24-3)17(22)19(15(12)20)16(21)13-7-5-4-6-8-13;1-2/h4-8,11,14H,9-10H2,1-3H3;1-2H3. The molecule has 0 saturated heterocycles. The Balaban J connectivity index is 0.00000163. The van der Waals surface area contributed by atoms with Crippen molar-refractivity contribution in [1.82, 2.24) is 9.13 Å². The number of aromatic nitrogens is 2. The number of nitrogens with zero attached hydrogens (tertiary/aromatic N) is 2. The second-order valence-corrected chi connectivity index (χ2v) is 5.29. The van der Waals surface area contributed by atoms with Gasteiger partial charge in [-0.25, -0.2) is 4.79 Å². The summed E-state index contributed by atoms with van der Waals surface area (Å²) in [5.41, 5.74) is -0.698. The summed E-state index contributed by atoms with van der Waals surface area (Å²) in [6, 6.07) is 8.23. The average molecular weight is 362 g/mol. The number of benzene rings is 1. The molecule has 0 aliphatic carbocycles. The van der Waals surface area contributed by atoms with Crippen molar-refractivity contribution in [2.75, 3.05) is 14.2 Å². The first-order valence-corrected chi connectivity index (χ1v) is 8.48. The molecule has 2 aromatic rings. The monoisotopic (exact) mass is 362 g/mol. The molecule has 7 nitrogen and oxygen atoms in total. The number of carbonyl (C=O) groups excluding carboxylic acids is 1. The van der Waals surface area contributed by atoms with Crippen LogP contribution in [0.3, 0.4) is 0 Å². The molecule has 0 aliphatic heterocycles. The van der Waals surface area contributed by atoms with E-state index in [4.69, 9.17) is 9.47 Å². The van der Waals surface area contributed by atoms with E-state index in [0.29, 0.717) is 16.6 Å². The Morgan fingerprint density at radius 1 is 1.08 bits per heavy atom. The highest BCUT2D eigenvalue weighted by Gasteiger charge is 2.17. The number of hydrogen-bond acceptors (Lipinski definition) is 5. The van der Waals surface area contributed by atoms with E-state index >= 15 is 0 Å². The highest BCUT2D eigenvalue weighted by atomic mass is 16.7. The molecule has 1 heterocycles. The Kier molecular flexibility index (Phi) is 8.67. The van der Waals surface area contributed by atoms with E-state index in [0.717, 1.165) is 0 Å². The van der Waals surface area contributed by atoms with Crippen LogP contribution in [0.4, 0.5) is 0 Å². The molecular formula is C19H26N2O5. The minimum Gasteiger partial charge on any atom is -0.356 e. The van der Waals surface area contributed by atoms with Gasteiger partial charge in [0.1, 0.15) is 0 Å². The van der Waals surface area contributed by atoms with Gasteiger partial charge >= 0.3 is 5.69 Å². The minimum atomic E-state index is -0.676. The van der Waals surface area contributed by atoms with Gasteiger partial charge in [0, 0.05) is 44.5 Å². The highest BCUT2D eigenvalue weighted by molar-refractivity contribution is 5.95. The second-order valence-electron chi connectivity index (χ2n) is 5.29. The van der Waals surface area contributed by atoms with Gasteiger partial charge in [-0.3, -0.25) is 14.2 Å². The maximum Gasteiger partial charge on any atom is 0.338 e. The van der Waals surface area contributed by atoms with E-state index in [1.54, 1.807) is 37.3 Å². The van der Waals surface area contributed by atoms with Crippen LogP contribution in [-0.2, 0) is 16.0 Å². The first-order valence-electron chi connectivity index (χ1n) is 8.48. The molecule has 0 unspecified atom stereocenters. The molecule has 26 heavy (non-hydrogen) atoms.